The van der Waals surface area contributed by atoms with Crippen LogP contribution in [0.15, 0.2) is 0 Å². The van der Waals surface area contributed by atoms with E-state index in [0.717, 1.165) is 25.9 Å². The predicted octanol–water partition coefficient (Wildman–Crippen LogP) is -0.0746. The molecule has 5 nitrogen and oxygen atoms in total. The van der Waals surface area contributed by atoms with Crippen molar-refractivity contribution in [2.45, 2.75) is 31.9 Å². The van der Waals surface area contributed by atoms with Gasteiger partial charge in [0.2, 0.25) is 5.91 Å². The molecule has 0 aromatic carbocycles. The molecule has 1 fully saturated rings. The highest BCUT2D eigenvalue weighted by Gasteiger charge is 2.32. The predicted molar refractivity (Wildman–Crippen MR) is 67.5 cm³/mol. The summed E-state index contributed by atoms with van der Waals surface area (Å²) in [6.07, 6.45) is 1.86. The minimum Gasteiger partial charge on any atom is -0.355 e. The molecule has 1 amide bonds. The van der Waals surface area contributed by atoms with Gasteiger partial charge >= 0.3 is 0 Å². The zero-order chi connectivity index (χ0) is 12.9. The molecule has 1 aliphatic heterocycles. The van der Waals surface area contributed by atoms with Crippen molar-refractivity contribution in [3.63, 3.8) is 0 Å². The molecule has 0 aromatic rings. The van der Waals surface area contributed by atoms with Crippen LogP contribution in [0.25, 0.3) is 0 Å². The van der Waals surface area contributed by atoms with Gasteiger partial charge in [-0.05, 0) is 19.3 Å². The lowest BCUT2D eigenvalue weighted by molar-refractivity contribution is -0.120. The van der Waals surface area contributed by atoms with E-state index < -0.39 is 15.1 Å². The van der Waals surface area contributed by atoms with E-state index in [1.54, 1.807) is 0 Å². The van der Waals surface area contributed by atoms with Crippen LogP contribution in [0.5, 0.6) is 0 Å². The van der Waals surface area contributed by atoms with E-state index >= 15 is 0 Å². The van der Waals surface area contributed by atoms with Gasteiger partial charge in [0.1, 0.15) is 5.25 Å². The largest absolute Gasteiger partial charge is 0.355 e. The summed E-state index contributed by atoms with van der Waals surface area (Å²) in [6, 6.07) is 0. The smallest absolute Gasteiger partial charge is 0.238 e. The van der Waals surface area contributed by atoms with Crippen LogP contribution >= 0.6 is 0 Å². The van der Waals surface area contributed by atoms with E-state index in [1.807, 2.05) is 6.92 Å². The SMILES string of the molecule is CCCCNC(=O)C(C)S(=O)(=O)CC1CNC1. The molecule has 1 unspecified atom stereocenters. The van der Waals surface area contributed by atoms with E-state index in [1.165, 1.54) is 6.92 Å². The molecular weight excluding hydrogens is 240 g/mol. The quantitative estimate of drug-likeness (QED) is 0.630. The van der Waals surface area contributed by atoms with Gasteiger partial charge in [-0.25, -0.2) is 8.42 Å². The second-order valence-electron chi connectivity index (χ2n) is 4.64. The normalized spacial score (nSPS) is 18.5. The minimum atomic E-state index is -3.31. The molecule has 0 aromatic heterocycles. The summed E-state index contributed by atoms with van der Waals surface area (Å²) in [6.45, 7) is 5.53. The van der Waals surface area contributed by atoms with Crippen LogP contribution in [0.3, 0.4) is 0 Å². The van der Waals surface area contributed by atoms with Crippen LogP contribution in [-0.2, 0) is 14.6 Å². The Morgan fingerprint density at radius 2 is 2.12 bits per heavy atom. The number of hydrogen-bond donors (Lipinski definition) is 2. The zero-order valence-electron chi connectivity index (χ0n) is 10.5. The second kappa shape index (κ2) is 6.35. The number of nitrogens with one attached hydrogen (secondary N) is 2. The number of carbonyl (C=O) groups is 1. The first-order chi connectivity index (χ1) is 7.97. The maximum absolute atomic E-state index is 11.9. The van der Waals surface area contributed by atoms with Gasteiger partial charge in [-0.2, -0.15) is 0 Å². The third kappa shape index (κ3) is 4.27. The number of unbranched alkanes of at least 4 members (excludes halogenated alkanes) is 1. The van der Waals surface area contributed by atoms with Crippen LogP contribution in [0.4, 0.5) is 0 Å². The Balaban J connectivity index is 2.42. The van der Waals surface area contributed by atoms with E-state index in [-0.39, 0.29) is 17.6 Å². The van der Waals surface area contributed by atoms with Crippen molar-refractivity contribution < 1.29 is 13.2 Å². The lowest BCUT2D eigenvalue weighted by Gasteiger charge is -2.27. The first-order valence-corrected chi connectivity index (χ1v) is 7.89. The van der Waals surface area contributed by atoms with Crippen LogP contribution < -0.4 is 10.6 Å². The highest BCUT2D eigenvalue weighted by atomic mass is 32.2. The summed E-state index contributed by atoms with van der Waals surface area (Å²) in [4.78, 5) is 11.6. The van der Waals surface area contributed by atoms with Gasteiger partial charge in [0.25, 0.3) is 0 Å². The molecule has 0 radical (unpaired) electrons. The topological polar surface area (TPSA) is 75.3 Å². The van der Waals surface area contributed by atoms with Crippen LogP contribution in [0.1, 0.15) is 26.7 Å². The Hall–Kier alpha value is -0.620. The first kappa shape index (κ1) is 14.4. The molecule has 1 saturated heterocycles. The summed E-state index contributed by atoms with van der Waals surface area (Å²) in [5, 5.41) is 4.76. The van der Waals surface area contributed by atoms with Crippen LogP contribution in [-0.4, -0.2) is 45.0 Å². The van der Waals surface area contributed by atoms with Gasteiger partial charge < -0.3 is 10.6 Å². The molecule has 1 aliphatic rings. The van der Waals surface area contributed by atoms with E-state index in [2.05, 4.69) is 10.6 Å². The molecule has 1 rings (SSSR count). The maximum Gasteiger partial charge on any atom is 0.238 e. The lowest BCUT2D eigenvalue weighted by atomic mass is 10.1. The summed E-state index contributed by atoms with van der Waals surface area (Å²) in [5.41, 5.74) is 0. The summed E-state index contributed by atoms with van der Waals surface area (Å²) >= 11 is 0. The van der Waals surface area contributed by atoms with Crippen molar-refractivity contribution in [3.8, 4) is 0 Å². The minimum absolute atomic E-state index is 0.113. The van der Waals surface area contributed by atoms with Gasteiger partial charge in [-0.15, -0.1) is 0 Å². The fraction of sp³-hybridized carbons (Fsp3) is 0.909. The second-order valence-corrected chi connectivity index (χ2v) is 7.01. The van der Waals surface area contributed by atoms with Crippen molar-refractivity contribution in [3.05, 3.63) is 0 Å². The number of sulfone groups is 1. The fourth-order valence-electron chi connectivity index (χ4n) is 1.63. The molecule has 6 heteroatoms. The van der Waals surface area contributed by atoms with Crippen molar-refractivity contribution in [2.24, 2.45) is 5.92 Å². The molecule has 0 aliphatic carbocycles. The van der Waals surface area contributed by atoms with E-state index in [0.29, 0.717) is 6.54 Å². The Kier molecular flexibility index (Phi) is 5.39. The molecule has 1 atom stereocenters. The van der Waals surface area contributed by atoms with Gasteiger partial charge in [-0.3, -0.25) is 4.79 Å². The van der Waals surface area contributed by atoms with E-state index in [4.69, 9.17) is 0 Å². The summed E-state index contributed by atoms with van der Waals surface area (Å²) in [5.74, 6) is -0.0841. The number of hydrogen-bond acceptors (Lipinski definition) is 4. The van der Waals surface area contributed by atoms with E-state index in [9.17, 15) is 13.2 Å². The standard InChI is InChI=1S/C11H22N2O3S/c1-3-4-5-13-11(14)9(2)17(15,16)8-10-6-12-7-10/h9-10,12H,3-8H2,1-2H3,(H,13,14). The fourth-order valence-corrected chi connectivity index (χ4v) is 3.23. The van der Waals surface area contributed by atoms with Gasteiger partial charge in [0.15, 0.2) is 9.84 Å². The molecule has 2 N–H and O–H groups in total. The Labute approximate surface area is 103 Å². The van der Waals surface area contributed by atoms with Crippen molar-refractivity contribution in [1.29, 1.82) is 0 Å². The summed E-state index contributed by atoms with van der Waals surface area (Å²) in [7, 11) is -3.31. The Bertz CT molecular complexity index is 350. The average molecular weight is 262 g/mol. The Morgan fingerprint density at radius 1 is 1.47 bits per heavy atom. The van der Waals surface area contributed by atoms with Crippen molar-refractivity contribution >= 4 is 15.7 Å². The number of amides is 1. The maximum atomic E-state index is 11.9. The zero-order valence-corrected chi connectivity index (χ0v) is 11.3. The van der Waals surface area contributed by atoms with Crippen LogP contribution in [0.2, 0.25) is 0 Å². The molecular formula is C11H22N2O3S. The van der Waals surface area contributed by atoms with Crippen LogP contribution in [0, 0.1) is 5.92 Å². The molecule has 100 valence electrons. The van der Waals surface area contributed by atoms with Crippen molar-refractivity contribution in [2.75, 3.05) is 25.4 Å². The van der Waals surface area contributed by atoms with Crippen molar-refractivity contribution in [1.82, 2.24) is 10.6 Å². The lowest BCUT2D eigenvalue weighted by Crippen LogP contribution is -2.48. The molecule has 17 heavy (non-hydrogen) atoms. The molecule has 0 spiro atoms. The van der Waals surface area contributed by atoms with Gasteiger partial charge in [-0.1, -0.05) is 13.3 Å². The third-order valence-corrected chi connectivity index (χ3v) is 5.30. The highest BCUT2D eigenvalue weighted by Crippen LogP contribution is 2.11. The first-order valence-electron chi connectivity index (χ1n) is 6.17. The third-order valence-electron chi connectivity index (χ3n) is 3.07. The molecule has 0 saturated carbocycles. The molecule has 1 heterocycles. The van der Waals surface area contributed by atoms with Gasteiger partial charge in [0, 0.05) is 19.6 Å². The number of carbonyl (C=O) groups excluding carboxylic acids is 1. The number of rotatable bonds is 7. The average Bonchev–Trinajstić information content (AvgIpc) is 2.23. The summed E-state index contributed by atoms with van der Waals surface area (Å²) < 4.78 is 23.8. The Morgan fingerprint density at radius 3 is 2.59 bits per heavy atom. The molecule has 0 bridgehead atoms. The highest BCUT2D eigenvalue weighted by molar-refractivity contribution is 7.92. The monoisotopic (exact) mass is 262 g/mol. The van der Waals surface area contributed by atoms with Gasteiger partial charge in [0.05, 0.1) is 5.75 Å².